The smallest absolute Gasteiger partial charge is 0.269 e. The molecular formula is C14H14Cl2N2O4. The quantitative estimate of drug-likeness (QED) is 0.544. The zero-order chi connectivity index (χ0) is 16.4. The van der Waals surface area contributed by atoms with E-state index >= 15 is 0 Å². The molecule has 4 amide bonds. The first-order chi connectivity index (χ1) is 10.4. The number of hydrogen-bond donors (Lipinski definition) is 0. The normalized spacial score (nSPS) is 18.7. The molecule has 0 unspecified atom stereocenters. The fourth-order valence-corrected chi connectivity index (χ4v) is 2.79. The van der Waals surface area contributed by atoms with Gasteiger partial charge in [-0.25, -0.2) is 0 Å². The first-order valence-electron chi connectivity index (χ1n) is 6.88. The maximum atomic E-state index is 12.0. The standard InChI is InChI=1S/C14H14Cl2N2O4/c1-2-3-4-5-10(17-11(19)6-8(15)13(17)21)18-12(20)7-9(16)14(18)22/h6-7,10H,2-5H2,1H3. The van der Waals surface area contributed by atoms with Crippen LogP contribution in [-0.2, 0) is 19.2 Å². The van der Waals surface area contributed by atoms with Crippen LogP contribution < -0.4 is 0 Å². The van der Waals surface area contributed by atoms with Gasteiger partial charge < -0.3 is 0 Å². The van der Waals surface area contributed by atoms with E-state index in [9.17, 15) is 19.2 Å². The van der Waals surface area contributed by atoms with Gasteiger partial charge in [-0.1, -0.05) is 43.0 Å². The molecule has 118 valence electrons. The van der Waals surface area contributed by atoms with Crippen LogP contribution in [0.15, 0.2) is 22.2 Å². The Morgan fingerprint density at radius 1 is 0.909 bits per heavy atom. The van der Waals surface area contributed by atoms with E-state index in [0.717, 1.165) is 34.8 Å². The second-order valence-corrected chi connectivity index (χ2v) is 5.80. The lowest BCUT2D eigenvalue weighted by Crippen LogP contribution is -2.53. The summed E-state index contributed by atoms with van der Waals surface area (Å²) in [4.78, 5) is 49.7. The molecule has 0 atom stereocenters. The Morgan fingerprint density at radius 2 is 1.36 bits per heavy atom. The number of rotatable bonds is 6. The molecule has 0 aromatic carbocycles. The topological polar surface area (TPSA) is 74.8 Å². The van der Waals surface area contributed by atoms with Gasteiger partial charge in [-0.3, -0.25) is 29.0 Å². The highest BCUT2D eigenvalue weighted by atomic mass is 35.5. The summed E-state index contributed by atoms with van der Waals surface area (Å²) in [6, 6.07) is 0. The van der Waals surface area contributed by atoms with Gasteiger partial charge >= 0.3 is 0 Å². The predicted octanol–water partition coefficient (Wildman–Crippen LogP) is 1.88. The van der Waals surface area contributed by atoms with E-state index in [-0.39, 0.29) is 10.1 Å². The Labute approximate surface area is 137 Å². The molecule has 0 spiro atoms. The Morgan fingerprint density at radius 3 is 1.68 bits per heavy atom. The molecular weight excluding hydrogens is 331 g/mol. The molecule has 0 saturated heterocycles. The third kappa shape index (κ3) is 2.94. The van der Waals surface area contributed by atoms with E-state index in [1.165, 1.54) is 0 Å². The molecule has 0 bridgehead atoms. The van der Waals surface area contributed by atoms with Crippen LogP contribution in [-0.4, -0.2) is 39.6 Å². The molecule has 6 nitrogen and oxygen atoms in total. The minimum Gasteiger partial charge on any atom is -0.269 e. The van der Waals surface area contributed by atoms with Crippen molar-refractivity contribution >= 4 is 46.8 Å². The van der Waals surface area contributed by atoms with Gasteiger partial charge in [0, 0.05) is 12.2 Å². The fraction of sp³-hybridized carbons (Fsp3) is 0.429. The highest BCUT2D eigenvalue weighted by molar-refractivity contribution is 6.48. The molecule has 0 aromatic rings. The van der Waals surface area contributed by atoms with Crippen molar-refractivity contribution in [3.8, 4) is 0 Å². The van der Waals surface area contributed by atoms with Crippen LogP contribution in [0, 0.1) is 0 Å². The van der Waals surface area contributed by atoms with Crippen LogP contribution in [0.3, 0.4) is 0 Å². The van der Waals surface area contributed by atoms with Crippen molar-refractivity contribution < 1.29 is 19.2 Å². The number of imide groups is 2. The van der Waals surface area contributed by atoms with Crippen molar-refractivity contribution in [3.63, 3.8) is 0 Å². The van der Waals surface area contributed by atoms with Gasteiger partial charge in [-0.2, -0.15) is 0 Å². The van der Waals surface area contributed by atoms with Gasteiger partial charge in [-0.15, -0.1) is 0 Å². The first kappa shape index (κ1) is 16.7. The molecule has 0 saturated carbocycles. The lowest BCUT2D eigenvalue weighted by molar-refractivity contribution is -0.152. The van der Waals surface area contributed by atoms with E-state index in [4.69, 9.17) is 23.2 Å². The number of carbonyl (C=O) groups excluding carboxylic acids is 4. The maximum absolute atomic E-state index is 12.0. The van der Waals surface area contributed by atoms with Crippen LogP contribution in [0.1, 0.15) is 32.6 Å². The summed E-state index contributed by atoms with van der Waals surface area (Å²) < 4.78 is 0. The van der Waals surface area contributed by atoms with Crippen molar-refractivity contribution in [2.75, 3.05) is 0 Å². The summed E-state index contributed by atoms with van der Waals surface area (Å²) in [7, 11) is 0. The minimum absolute atomic E-state index is 0.233. The molecule has 2 rings (SSSR count). The maximum Gasteiger partial charge on any atom is 0.274 e. The summed E-state index contributed by atoms with van der Waals surface area (Å²) in [6.45, 7) is 1.99. The predicted molar refractivity (Wildman–Crippen MR) is 79.5 cm³/mol. The molecule has 2 aliphatic rings. The van der Waals surface area contributed by atoms with Gasteiger partial charge in [0.05, 0.1) is 0 Å². The van der Waals surface area contributed by atoms with Crippen molar-refractivity contribution in [1.82, 2.24) is 9.80 Å². The van der Waals surface area contributed by atoms with Crippen molar-refractivity contribution in [2.24, 2.45) is 0 Å². The number of nitrogens with zero attached hydrogens (tertiary/aromatic N) is 2. The summed E-state index contributed by atoms with van der Waals surface area (Å²) in [5, 5.41) is -0.465. The summed E-state index contributed by atoms with van der Waals surface area (Å²) in [5.74, 6) is -2.70. The number of hydrogen-bond acceptors (Lipinski definition) is 4. The van der Waals surface area contributed by atoms with Crippen molar-refractivity contribution in [3.05, 3.63) is 22.2 Å². The van der Waals surface area contributed by atoms with Gasteiger partial charge in [0.15, 0.2) is 0 Å². The monoisotopic (exact) mass is 344 g/mol. The third-order valence-electron chi connectivity index (χ3n) is 3.48. The van der Waals surface area contributed by atoms with E-state index in [1.54, 1.807) is 0 Å². The Hall–Kier alpha value is -1.66. The van der Waals surface area contributed by atoms with Crippen LogP contribution in [0.2, 0.25) is 0 Å². The molecule has 2 aliphatic heterocycles. The van der Waals surface area contributed by atoms with E-state index in [2.05, 4.69) is 0 Å². The minimum atomic E-state index is -1.01. The molecule has 0 aliphatic carbocycles. The summed E-state index contributed by atoms with van der Waals surface area (Å²) in [5.41, 5.74) is 0. The molecule has 8 heteroatoms. The largest absolute Gasteiger partial charge is 0.274 e. The average Bonchev–Trinajstić information content (AvgIpc) is 2.84. The van der Waals surface area contributed by atoms with Gasteiger partial charge in [-0.05, 0) is 12.8 Å². The molecule has 0 N–H and O–H groups in total. The SMILES string of the molecule is CCCCCC(N1C(=O)C=C(Cl)C1=O)N1C(=O)C=C(Cl)C1=O. The lowest BCUT2D eigenvalue weighted by atomic mass is 10.1. The second kappa shape index (κ2) is 6.62. The first-order valence-corrected chi connectivity index (χ1v) is 7.63. The molecule has 22 heavy (non-hydrogen) atoms. The highest BCUT2D eigenvalue weighted by Gasteiger charge is 2.44. The third-order valence-corrected chi connectivity index (χ3v) is 4.02. The van der Waals surface area contributed by atoms with Crippen LogP contribution in [0.5, 0.6) is 0 Å². The highest BCUT2D eigenvalue weighted by Crippen LogP contribution is 2.28. The summed E-state index contributed by atoms with van der Waals surface area (Å²) >= 11 is 11.4. The summed E-state index contributed by atoms with van der Waals surface area (Å²) in [6.07, 6.45) is 3.64. The van der Waals surface area contributed by atoms with E-state index < -0.39 is 29.8 Å². The molecule has 0 aromatic heterocycles. The zero-order valence-electron chi connectivity index (χ0n) is 11.8. The van der Waals surface area contributed by atoms with E-state index in [1.807, 2.05) is 6.92 Å². The van der Waals surface area contributed by atoms with Crippen LogP contribution >= 0.6 is 23.2 Å². The molecule has 0 fully saturated rings. The zero-order valence-corrected chi connectivity index (χ0v) is 13.4. The van der Waals surface area contributed by atoms with Gasteiger partial charge in [0.25, 0.3) is 23.6 Å². The van der Waals surface area contributed by atoms with Crippen molar-refractivity contribution in [1.29, 1.82) is 0 Å². The Bertz CT molecular complexity index is 564. The Kier molecular flexibility index (Phi) is 5.03. The number of unbranched alkanes of at least 4 members (excludes halogenated alkanes) is 2. The Balaban J connectivity index is 2.28. The average molecular weight is 345 g/mol. The number of amides is 4. The lowest BCUT2D eigenvalue weighted by Gasteiger charge is -2.32. The van der Waals surface area contributed by atoms with E-state index in [0.29, 0.717) is 12.8 Å². The van der Waals surface area contributed by atoms with Crippen LogP contribution in [0.4, 0.5) is 0 Å². The second-order valence-electron chi connectivity index (χ2n) is 4.99. The van der Waals surface area contributed by atoms with Gasteiger partial charge in [0.1, 0.15) is 16.2 Å². The van der Waals surface area contributed by atoms with Crippen molar-refractivity contribution in [2.45, 2.75) is 38.8 Å². The van der Waals surface area contributed by atoms with Gasteiger partial charge in [0.2, 0.25) is 0 Å². The molecule has 2 heterocycles. The molecule has 0 radical (unpaired) electrons. The number of carbonyl (C=O) groups is 4. The van der Waals surface area contributed by atoms with Crippen LogP contribution in [0.25, 0.3) is 0 Å². The fourth-order valence-electron chi connectivity index (χ4n) is 2.42. The number of halogens is 2.